The number of alkyl halides is 1. The minimum absolute atomic E-state index is 0.0167. The quantitative estimate of drug-likeness (QED) is 0.808. The molecule has 1 saturated heterocycles. The van der Waals surface area contributed by atoms with E-state index in [1.165, 1.54) is 12.1 Å². The molecule has 2 rings (SSSR count). The van der Waals surface area contributed by atoms with Crippen LogP contribution < -0.4 is 4.74 Å². The standard InChI is InChI=1S/C18H25ClN2O4/c1-13(25-15-6-4-14(22)5-7-15)16(23)20-8-10-21(11-9-20)17(24)18(2,3)12-19/h4-7,13,22H,8-12H2,1-3H3. The van der Waals surface area contributed by atoms with E-state index < -0.39 is 11.5 Å². The molecule has 1 unspecified atom stereocenters. The van der Waals surface area contributed by atoms with E-state index >= 15 is 0 Å². The smallest absolute Gasteiger partial charge is 0.263 e. The molecule has 0 spiro atoms. The van der Waals surface area contributed by atoms with Crippen molar-refractivity contribution in [3.8, 4) is 11.5 Å². The van der Waals surface area contributed by atoms with Gasteiger partial charge in [0.05, 0.1) is 5.41 Å². The van der Waals surface area contributed by atoms with Crippen LogP contribution in [-0.2, 0) is 9.59 Å². The molecule has 1 heterocycles. The number of rotatable bonds is 5. The maximum Gasteiger partial charge on any atom is 0.263 e. The highest BCUT2D eigenvalue weighted by Crippen LogP contribution is 2.22. The molecule has 6 nitrogen and oxygen atoms in total. The Balaban J connectivity index is 1.88. The normalized spacial score (nSPS) is 16.5. The molecule has 0 bridgehead atoms. The molecule has 1 aromatic carbocycles. The number of nitrogens with zero attached hydrogens (tertiary/aromatic N) is 2. The van der Waals surface area contributed by atoms with Crippen molar-refractivity contribution in [3.63, 3.8) is 0 Å². The van der Waals surface area contributed by atoms with Crippen LogP contribution in [0.15, 0.2) is 24.3 Å². The SMILES string of the molecule is CC(Oc1ccc(O)cc1)C(=O)N1CCN(C(=O)C(C)(C)CCl)CC1. The maximum absolute atomic E-state index is 12.5. The van der Waals surface area contributed by atoms with Crippen molar-refractivity contribution in [2.24, 2.45) is 5.41 Å². The van der Waals surface area contributed by atoms with E-state index in [0.717, 1.165) is 0 Å². The number of carbonyl (C=O) groups excluding carboxylic acids is 2. The molecular formula is C18H25ClN2O4. The summed E-state index contributed by atoms with van der Waals surface area (Å²) < 4.78 is 5.63. The molecule has 0 aliphatic carbocycles. The number of carbonyl (C=O) groups is 2. The Morgan fingerprint density at radius 2 is 1.68 bits per heavy atom. The summed E-state index contributed by atoms with van der Waals surface area (Å²) in [4.78, 5) is 28.4. The molecule has 1 N–H and O–H groups in total. The third-order valence-electron chi connectivity index (χ3n) is 4.29. The second-order valence-corrected chi connectivity index (χ2v) is 7.16. The topological polar surface area (TPSA) is 70.1 Å². The van der Waals surface area contributed by atoms with Crippen LogP contribution in [0, 0.1) is 5.41 Å². The minimum atomic E-state index is -0.633. The number of piperazine rings is 1. The van der Waals surface area contributed by atoms with E-state index in [-0.39, 0.29) is 23.4 Å². The third-order valence-corrected chi connectivity index (χ3v) is 4.96. The lowest BCUT2D eigenvalue weighted by Crippen LogP contribution is -2.55. The van der Waals surface area contributed by atoms with Crippen molar-refractivity contribution in [1.29, 1.82) is 0 Å². The molecule has 1 atom stereocenters. The first-order valence-corrected chi connectivity index (χ1v) is 8.88. The molecule has 1 aliphatic heterocycles. The second-order valence-electron chi connectivity index (χ2n) is 6.89. The fourth-order valence-corrected chi connectivity index (χ4v) is 2.77. The number of amides is 2. The van der Waals surface area contributed by atoms with Crippen LogP contribution in [0.5, 0.6) is 11.5 Å². The molecule has 1 fully saturated rings. The van der Waals surface area contributed by atoms with Gasteiger partial charge in [-0.25, -0.2) is 0 Å². The van der Waals surface area contributed by atoms with Crippen molar-refractivity contribution in [2.75, 3.05) is 32.1 Å². The lowest BCUT2D eigenvalue weighted by atomic mass is 9.94. The Morgan fingerprint density at radius 1 is 1.16 bits per heavy atom. The molecular weight excluding hydrogens is 344 g/mol. The average molecular weight is 369 g/mol. The van der Waals surface area contributed by atoms with Crippen LogP contribution in [0.4, 0.5) is 0 Å². The van der Waals surface area contributed by atoms with E-state index in [1.54, 1.807) is 28.9 Å². The zero-order valence-corrected chi connectivity index (χ0v) is 15.6. The Kier molecular flexibility index (Phi) is 6.16. The van der Waals surface area contributed by atoms with Gasteiger partial charge in [0, 0.05) is 32.1 Å². The van der Waals surface area contributed by atoms with Crippen LogP contribution >= 0.6 is 11.6 Å². The first-order valence-electron chi connectivity index (χ1n) is 8.34. The highest BCUT2D eigenvalue weighted by Gasteiger charge is 2.34. The van der Waals surface area contributed by atoms with E-state index in [1.807, 2.05) is 13.8 Å². The minimum Gasteiger partial charge on any atom is -0.508 e. The summed E-state index contributed by atoms with van der Waals surface area (Å²) in [6, 6.07) is 6.25. The number of halogens is 1. The monoisotopic (exact) mass is 368 g/mol. The van der Waals surface area contributed by atoms with Crippen molar-refractivity contribution in [1.82, 2.24) is 9.80 Å². The fraction of sp³-hybridized carbons (Fsp3) is 0.556. The molecule has 0 radical (unpaired) electrons. The number of aromatic hydroxyl groups is 1. The van der Waals surface area contributed by atoms with Gasteiger partial charge in [-0.05, 0) is 45.0 Å². The highest BCUT2D eigenvalue weighted by molar-refractivity contribution is 6.19. The molecule has 1 aromatic rings. The van der Waals surface area contributed by atoms with Crippen LogP contribution in [-0.4, -0.2) is 64.9 Å². The summed E-state index contributed by atoms with van der Waals surface area (Å²) in [6.07, 6.45) is -0.633. The van der Waals surface area contributed by atoms with Gasteiger partial charge in [-0.2, -0.15) is 0 Å². The van der Waals surface area contributed by atoms with E-state index in [0.29, 0.717) is 31.9 Å². The summed E-state index contributed by atoms with van der Waals surface area (Å²) in [5.41, 5.74) is -0.594. The summed E-state index contributed by atoms with van der Waals surface area (Å²) >= 11 is 5.87. The van der Waals surface area contributed by atoms with Gasteiger partial charge < -0.3 is 19.6 Å². The Morgan fingerprint density at radius 3 is 2.20 bits per heavy atom. The first kappa shape index (κ1) is 19.4. The molecule has 138 valence electrons. The largest absolute Gasteiger partial charge is 0.508 e. The van der Waals surface area contributed by atoms with Crippen molar-refractivity contribution < 1.29 is 19.4 Å². The van der Waals surface area contributed by atoms with E-state index in [4.69, 9.17) is 16.3 Å². The molecule has 0 aromatic heterocycles. The summed E-state index contributed by atoms with van der Waals surface area (Å²) in [5, 5.41) is 9.28. The maximum atomic E-state index is 12.5. The lowest BCUT2D eigenvalue weighted by Gasteiger charge is -2.38. The third kappa shape index (κ3) is 4.78. The number of benzene rings is 1. The predicted octanol–water partition coefficient (Wildman–Crippen LogP) is 2.10. The van der Waals surface area contributed by atoms with Gasteiger partial charge in [-0.15, -0.1) is 11.6 Å². The lowest BCUT2D eigenvalue weighted by molar-refractivity contribution is -0.147. The number of hydrogen-bond acceptors (Lipinski definition) is 4. The molecule has 0 saturated carbocycles. The summed E-state index contributed by atoms with van der Waals surface area (Å²) in [5.74, 6) is 0.839. The van der Waals surface area contributed by atoms with Gasteiger partial charge in [0.25, 0.3) is 5.91 Å². The van der Waals surface area contributed by atoms with Crippen LogP contribution in [0.3, 0.4) is 0 Å². The Hall–Kier alpha value is -1.95. The molecule has 25 heavy (non-hydrogen) atoms. The first-order chi connectivity index (χ1) is 11.7. The molecule has 2 amide bonds. The fourth-order valence-electron chi connectivity index (χ4n) is 2.65. The van der Waals surface area contributed by atoms with Crippen LogP contribution in [0.2, 0.25) is 0 Å². The average Bonchev–Trinajstić information content (AvgIpc) is 2.62. The summed E-state index contributed by atoms with van der Waals surface area (Å²) in [6.45, 7) is 7.30. The Labute approximate surface area is 153 Å². The van der Waals surface area contributed by atoms with Crippen molar-refractivity contribution in [2.45, 2.75) is 26.9 Å². The highest BCUT2D eigenvalue weighted by atomic mass is 35.5. The number of phenols is 1. The number of hydrogen-bond donors (Lipinski definition) is 1. The predicted molar refractivity (Wildman–Crippen MR) is 95.9 cm³/mol. The second kappa shape index (κ2) is 7.95. The molecule has 1 aliphatic rings. The zero-order valence-electron chi connectivity index (χ0n) is 14.9. The van der Waals surface area contributed by atoms with Gasteiger partial charge >= 0.3 is 0 Å². The van der Waals surface area contributed by atoms with Gasteiger partial charge in [0.15, 0.2) is 6.10 Å². The van der Waals surface area contributed by atoms with Crippen LogP contribution in [0.25, 0.3) is 0 Å². The van der Waals surface area contributed by atoms with E-state index in [9.17, 15) is 14.7 Å². The molecule has 7 heteroatoms. The van der Waals surface area contributed by atoms with Gasteiger partial charge in [0.1, 0.15) is 11.5 Å². The van der Waals surface area contributed by atoms with Gasteiger partial charge in [0.2, 0.25) is 5.91 Å². The number of phenolic OH excluding ortho intramolecular Hbond substituents is 1. The summed E-state index contributed by atoms with van der Waals surface area (Å²) in [7, 11) is 0. The van der Waals surface area contributed by atoms with Crippen molar-refractivity contribution in [3.05, 3.63) is 24.3 Å². The van der Waals surface area contributed by atoms with Gasteiger partial charge in [-0.3, -0.25) is 9.59 Å². The van der Waals surface area contributed by atoms with Crippen LogP contribution in [0.1, 0.15) is 20.8 Å². The van der Waals surface area contributed by atoms with E-state index in [2.05, 4.69) is 0 Å². The Bertz CT molecular complexity index is 610. The number of ether oxygens (including phenoxy) is 1. The van der Waals surface area contributed by atoms with Gasteiger partial charge in [-0.1, -0.05) is 0 Å². The zero-order chi connectivity index (χ0) is 18.6. The van der Waals surface area contributed by atoms with Crippen molar-refractivity contribution >= 4 is 23.4 Å².